The van der Waals surface area contributed by atoms with E-state index >= 15 is 0 Å². The van der Waals surface area contributed by atoms with Gasteiger partial charge in [0, 0.05) is 0 Å². The molecule has 3 atom stereocenters. The number of aryl methyl sites for hydroxylation is 1. The summed E-state index contributed by atoms with van der Waals surface area (Å²) < 4.78 is 11.4. The van der Waals surface area contributed by atoms with Crippen molar-refractivity contribution in [3.63, 3.8) is 0 Å². The molecule has 0 saturated carbocycles. The van der Waals surface area contributed by atoms with Crippen molar-refractivity contribution in [2.24, 2.45) is 5.92 Å². The first-order chi connectivity index (χ1) is 8.65. The SMILES string of the molecule is CCOc1ccc(C)cc1CC(C)C1OC1CC. The molecule has 100 valence electrons. The molecule has 1 aliphatic heterocycles. The van der Waals surface area contributed by atoms with Crippen molar-refractivity contribution in [1.82, 2.24) is 0 Å². The average Bonchev–Trinajstić information content (AvgIpc) is 3.12. The smallest absolute Gasteiger partial charge is 0.122 e. The fourth-order valence-electron chi connectivity index (χ4n) is 2.61. The summed E-state index contributed by atoms with van der Waals surface area (Å²) in [5.74, 6) is 1.60. The molecule has 0 N–H and O–H groups in total. The van der Waals surface area contributed by atoms with Crippen molar-refractivity contribution in [3.05, 3.63) is 29.3 Å². The lowest BCUT2D eigenvalue weighted by molar-refractivity contribution is 0.314. The molecule has 1 heterocycles. The van der Waals surface area contributed by atoms with Gasteiger partial charge in [-0.25, -0.2) is 0 Å². The van der Waals surface area contributed by atoms with Crippen LogP contribution >= 0.6 is 0 Å². The first-order valence-corrected chi connectivity index (χ1v) is 7.03. The monoisotopic (exact) mass is 248 g/mol. The van der Waals surface area contributed by atoms with Crippen molar-refractivity contribution >= 4 is 0 Å². The van der Waals surface area contributed by atoms with E-state index in [9.17, 15) is 0 Å². The quantitative estimate of drug-likeness (QED) is 0.715. The van der Waals surface area contributed by atoms with Gasteiger partial charge in [0.15, 0.2) is 0 Å². The lowest BCUT2D eigenvalue weighted by Gasteiger charge is -2.14. The van der Waals surface area contributed by atoms with Crippen LogP contribution in [0.1, 0.15) is 38.3 Å². The van der Waals surface area contributed by atoms with Gasteiger partial charge in [0.05, 0.1) is 18.8 Å². The Kier molecular flexibility index (Phi) is 4.28. The highest BCUT2D eigenvalue weighted by atomic mass is 16.6. The Labute approximate surface area is 110 Å². The van der Waals surface area contributed by atoms with Crippen molar-refractivity contribution in [3.8, 4) is 5.75 Å². The average molecular weight is 248 g/mol. The molecule has 1 saturated heterocycles. The summed E-state index contributed by atoms with van der Waals surface area (Å²) in [5, 5.41) is 0. The minimum atomic E-state index is 0.449. The maximum Gasteiger partial charge on any atom is 0.122 e. The molecule has 0 bridgehead atoms. The van der Waals surface area contributed by atoms with Crippen LogP contribution in [0, 0.1) is 12.8 Å². The third-order valence-corrected chi connectivity index (χ3v) is 3.64. The highest BCUT2D eigenvalue weighted by Gasteiger charge is 2.41. The van der Waals surface area contributed by atoms with E-state index < -0.39 is 0 Å². The van der Waals surface area contributed by atoms with E-state index in [-0.39, 0.29) is 0 Å². The van der Waals surface area contributed by atoms with Gasteiger partial charge in [-0.15, -0.1) is 0 Å². The Bertz CT molecular complexity index is 400. The standard InChI is InChI=1S/C16H24O2/c1-5-14-16(18-14)12(4)10-13-9-11(3)7-8-15(13)17-6-2/h7-9,12,14,16H,5-6,10H2,1-4H3. The van der Waals surface area contributed by atoms with E-state index in [0.717, 1.165) is 25.2 Å². The van der Waals surface area contributed by atoms with Gasteiger partial charge in [0.2, 0.25) is 0 Å². The lowest BCUT2D eigenvalue weighted by Crippen LogP contribution is -2.11. The molecule has 3 unspecified atom stereocenters. The molecule has 2 heteroatoms. The Balaban J connectivity index is 2.05. The molecule has 0 amide bonds. The van der Waals surface area contributed by atoms with Crippen LogP contribution in [0.3, 0.4) is 0 Å². The topological polar surface area (TPSA) is 21.8 Å². The van der Waals surface area contributed by atoms with Crippen LogP contribution in [-0.4, -0.2) is 18.8 Å². The summed E-state index contributed by atoms with van der Waals surface area (Å²) in [6, 6.07) is 6.44. The van der Waals surface area contributed by atoms with Crippen LogP contribution in [-0.2, 0) is 11.2 Å². The highest BCUT2D eigenvalue weighted by molar-refractivity contribution is 5.37. The Morgan fingerprint density at radius 2 is 2.11 bits per heavy atom. The van der Waals surface area contributed by atoms with Gasteiger partial charge in [0.1, 0.15) is 5.75 Å². The van der Waals surface area contributed by atoms with Gasteiger partial charge in [-0.1, -0.05) is 31.5 Å². The van der Waals surface area contributed by atoms with Crippen LogP contribution < -0.4 is 4.74 Å². The second kappa shape index (κ2) is 5.75. The minimum absolute atomic E-state index is 0.449. The minimum Gasteiger partial charge on any atom is -0.494 e. The summed E-state index contributed by atoms with van der Waals surface area (Å²) >= 11 is 0. The third kappa shape index (κ3) is 3.05. The number of hydrogen-bond acceptors (Lipinski definition) is 2. The van der Waals surface area contributed by atoms with E-state index in [1.54, 1.807) is 0 Å². The molecular formula is C16H24O2. The van der Waals surface area contributed by atoms with Crippen LogP contribution in [0.4, 0.5) is 0 Å². The number of ether oxygens (including phenoxy) is 2. The van der Waals surface area contributed by atoms with Crippen LogP contribution in [0.25, 0.3) is 0 Å². The van der Waals surface area contributed by atoms with E-state index in [0.29, 0.717) is 18.1 Å². The predicted octanol–water partition coefficient (Wildman–Crippen LogP) is 3.75. The fourth-order valence-corrected chi connectivity index (χ4v) is 2.61. The summed E-state index contributed by atoms with van der Waals surface area (Å²) in [6.45, 7) is 9.35. The highest BCUT2D eigenvalue weighted by Crippen LogP contribution is 2.35. The molecule has 2 nitrogen and oxygen atoms in total. The first-order valence-electron chi connectivity index (χ1n) is 7.03. The van der Waals surface area contributed by atoms with E-state index in [2.05, 4.69) is 39.0 Å². The number of benzene rings is 1. The van der Waals surface area contributed by atoms with Gasteiger partial charge >= 0.3 is 0 Å². The second-order valence-electron chi connectivity index (χ2n) is 5.27. The first kappa shape index (κ1) is 13.4. The molecule has 18 heavy (non-hydrogen) atoms. The van der Waals surface area contributed by atoms with Crippen molar-refractivity contribution in [2.45, 2.75) is 52.7 Å². The molecule has 1 fully saturated rings. The van der Waals surface area contributed by atoms with Crippen molar-refractivity contribution in [1.29, 1.82) is 0 Å². The molecule has 0 aliphatic carbocycles. The largest absolute Gasteiger partial charge is 0.494 e. The van der Waals surface area contributed by atoms with E-state index in [1.807, 2.05) is 6.92 Å². The molecule has 0 aromatic heterocycles. The molecule has 2 rings (SSSR count). The van der Waals surface area contributed by atoms with Crippen LogP contribution in [0.2, 0.25) is 0 Å². The molecule has 0 spiro atoms. The maximum absolute atomic E-state index is 5.71. The number of hydrogen-bond donors (Lipinski definition) is 0. The molecule has 1 aromatic rings. The predicted molar refractivity (Wildman–Crippen MR) is 74.2 cm³/mol. The summed E-state index contributed by atoms with van der Waals surface area (Å²) in [4.78, 5) is 0. The van der Waals surface area contributed by atoms with Crippen molar-refractivity contribution < 1.29 is 9.47 Å². The molecule has 1 aliphatic rings. The van der Waals surface area contributed by atoms with Crippen LogP contribution in [0.5, 0.6) is 5.75 Å². The Morgan fingerprint density at radius 3 is 2.72 bits per heavy atom. The molecular weight excluding hydrogens is 224 g/mol. The maximum atomic E-state index is 5.71. The summed E-state index contributed by atoms with van der Waals surface area (Å²) in [7, 11) is 0. The van der Waals surface area contributed by atoms with Gasteiger partial charge in [-0.3, -0.25) is 0 Å². The normalized spacial score (nSPS) is 23.8. The zero-order chi connectivity index (χ0) is 13.1. The summed E-state index contributed by atoms with van der Waals surface area (Å²) in [5.41, 5.74) is 2.61. The van der Waals surface area contributed by atoms with Crippen LogP contribution in [0.15, 0.2) is 18.2 Å². The molecule has 0 radical (unpaired) electrons. The van der Waals surface area contributed by atoms with Crippen molar-refractivity contribution in [2.75, 3.05) is 6.61 Å². The zero-order valence-corrected chi connectivity index (χ0v) is 11.9. The zero-order valence-electron chi connectivity index (χ0n) is 11.9. The van der Waals surface area contributed by atoms with Gasteiger partial charge in [-0.2, -0.15) is 0 Å². The third-order valence-electron chi connectivity index (χ3n) is 3.64. The summed E-state index contributed by atoms with van der Waals surface area (Å²) in [6.07, 6.45) is 3.10. The number of rotatable bonds is 6. The van der Waals surface area contributed by atoms with Gasteiger partial charge in [-0.05, 0) is 44.2 Å². The lowest BCUT2D eigenvalue weighted by atomic mass is 9.94. The second-order valence-corrected chi connectivity index (χ2v) is 5.27. The fraction of sp³-hybridized carbons (Fsp3) is 0.625. The van der Waals surface area contributed by atoms with Gasteiger partial charge in [0.25, 0.3) is 0 Å². The van der Waals surface area contributed by atoms with E-state index in [1.165, 1.54) is 11.1 Å². The van der Waals surface area contributed by atoms with E-state index in [4.69, 9.17) is 9.47 Å². The number of epoxide rings is 1. The Morgan fingerprint density at radius 1 is 1.33 bits per heavy atom. The Hall–Kier alpha value is -1.02. The molecule has 1 aromatic carbocycles. The van der Waals surface area contributed by atoms with Gasteiger partial charge < -0.3 is 9.47 Å².